The summed E-state index contributed by atoms with van der Waals surface area (Å²) in [4.78, 5) is 0. The van der Waals surface area contributed by atoms with E-state index in [0.717, 1.165) is 26.1 Å². The molecule has 3 heteroatoms. The van der Waals surface area contributed by atoms with E-state index in [1.807, 2.05) is 0 Å². The van der Waals surface area contributed by atoms with E-state index in [1.165, 1.54) is 38.5 Å². The molecule has 0 aromatic heterocycles. The molecule has 0 aromatic rings. The molecular weight excluding hydrogens is 204 g/mol. The summed E-state index contributed by atoms with van der Waals surface area (Å²) in [6.07, 6.45) is 10.6. The smallest absolute Gasteiger partial charge is 0.168 e. The standard InChI is InChI=1S/C13H22O3/c1-2-6-11(5-1)16-13(7-3-4-8-13)15-10-12-9-14-12/h11-12H,1-10H2. The summed E-state index contributed by atoms with van der Waals surface area (Å²) < 4.78 is 17.5. The van der Waals surface area contributed by atoms with E-state index in [0.29, 0.717) is 12.2 Å². The Kier molecular flexibility index (Phi) is 3.18. The van der Waals surface area contributed by atoms with Crippen molar-refractivity contribution in [3.63, 3.8) is 0 Å². The zero-order chi connectivity index (χ0) is 10.8. The lowest BCUT2D eigenvalue weighted by Crippen LogP contribution is -2.37. The van der Waals surface area contributed by atoms with Gasteiger partial charge in [-0.1, -0.05) is 12.8 Å². The van der Waals surface area contributed by atoms with Crippen molar-refractivity contribution in [1.82, 2.24) is 0 Å². The van der Waals surface area contributed by atoms with E-state index in [9.17, 15) is 0 Å². The molecule has 3 fully saturated rings. The fraction of sp³-hybridized carbons (Fsp3) is 1.00. The fourth-order valence-electron chi connectivity index (χ4n) is 2.93. The van der Waals surface area contributed by atoms with Crippen LogP contribution in [0.5, 0.6) is 0 Å². The molecule has 0 bridgehead atoms. The van der Waals surface area contributed by atoms with Crippen molar-refractivity contribution in [1.29, 1.82) is 0 Å². The van der Waals surface area contributed by atoms with E-state index in [-0.39, 0.29) is 5.79 Å². The first-order chi connectivity index (χ1) is 7.86. The lowest BCUT2D eigenvalue weighted by atomic mass is 10.2. The van der Waals surface area contributed by atoms with Crippen molar-refractivity contribution in [2.24, 2.45) is 0 Å². The average Bonchev–Trinajstić information content (AvgIpc) is 2.78. The highest BCUT2D eigenvalue weighted by Gasteiger charge is 2.40. The third-order valence-electron chi connectivity index (χ3n) is 3.98. The normalized spacial score (nSPS) is 33.4. The highest BCUT2D eigenvalue weighted by atomic mass is 16.7. The van der Waals surface area contributed by atoms with Crippen molar-refractivity contribution in [3.05, 3.63) is 0 Å². The lowest BCUT2D eigenvalue weighted by Gasteiger charge is -2.32. The van der Waals surface area contributed by atoms with Crippen LogP contribution < -0.4 is 0 Å². The predicted octanol–water partition coefficient (Wildman–Crippen LogP) is 2.63. The second-order valence-electron chi connectivity index (χ2n) is 5.41. The third-order valence-corrected chi connectivity index (χ3v) is 3.98. The summed E-state index contributed by atoms with van der Waals surface area (Å²) in [5, 5.41) is 0. The molecule has 0 spiro atoms. The molecule has 3 rings (SSSR count). The topological polar surface area (TPSA) is 31.0 Å². The molecular formula is C13H22O3. The van der Waals surface area contributed by atoms with E-state index in [1.54, 1.807) is 0 Å². The van der Waals surface area contributed by atoms with Crippen LogP contribution in [0.25, 0.3) is 0 Å². The van der Waals surface area contributed by atoms with Gasteiger partial charge in [0.2, 0.25) is 0 Å². The first-order valence-electron chi connectivity index (χ1n) is 6.80. The van der Waals surface area contributed by atoms with Crippen LogP contribution >= 0.6 is 0 Å². The maximum atomic E-state index is 6.26. The summed E-state index contributed by atoms with van der Waals surface area (Å²) >= 11 is 0. The Morgan fingerprint density at radius 3 is 2.38 bits per heavy atom. The van der Waals surface area contributed by atoms with Crippen LogP contribution in [0.2, 0.25) is 0 Å². The van der Waals surface area contributed by atoms with Crippen molar-refractivity contribution in [3.8, 4) is 0 Å². The average molecular weight is 226 g/mol. The lowest BCUT2D eigenvalue weighted by molar-refractivity contribution is -0.255. The monoisotopic (exact) mass is 226 g/mol. The zero-order valence-corrected chi connectivity index (χ0v) is 9.95. The third kappa shape index (κ3) is 2.58. The Labute approximate surface area is 97.4 Å². The van der Waals surface area contributed by atoms with Gasteiger partial charge in [0.25, 0.3) is 0 Å². The molecule has 1 heterocycles. The predicted molar refractivity (Wildman–Crippen MR) is 60.2 cm³/mol. The molecule has 92 valence electrons. The molecule has 2 aliphatic carbocycles. The molecule has 0 aromatic carbocycles. The second-order valence-corrected chi connectivity index (χ2v) is 5.41. The second kappa shape index (κ2) is 4.63. The van der Waals surface area contributed by atoms with Crippen molar-refractivity contribution in [2.75, 3.05) is 13.2 Å². The number of epoxide rings is 1. The minimum absolute atomic E-state index is 0.249. The van der Waals surface area contributed by atoms with E-state index in [4.69, 9.17) is 14.2 Å². The maximum absolute atomic E-state index is 6.26. The maximum Gasteiger partial charge on any atom is 0.168 e. The summed E-state index contributed by atoms with van der Waals surface area (Å²) in [5.41, 5.74) is 0. The molecule has 1 unspecified atom stereocenters. The van der Waals surface area contributed by atoms with Gasteiger partial charge in [-0.3, -0.25) is 0 Å². The van der Waals surface area contributed by atoms with Gasteiger partial charge in [-0.25, -0.2) is 0 Å². The molecule has 16 heavy (non-hydrogen) atoms. The first-order valence-corrected chi connectivity index (χ1v) is 6.80. The molecule has 0 amide bonds. The van der Waals surface area contributed by atoms with Crippen LogP contribution in [0.3, 0.4) is 0 Å². The number of ether oxygens (including phenoxy) is 3. The summed E-state index contributed by atoms with van der Waals surface area (Å²) in [5.74, 6) is -0.249. The van der Waals surface area contributed by atoms with Crippen LogP contribution in [0.15, 0.2) is 0 Å². The van der Waals surface area contributed by atoms with Gasteiger partial charge in [-0.15, -0.1) is 0 Å². The largest absolute Gasteiger partial charge is 0.371 e. The van der Waals surface area contributed by atoms with Gasteiger partial charge in [0.1, 0.15) is 6.10 Å². The molecule has 0 radical (unpaired) electrons. The highest BCUT2D eigenvalue weighted by Crippen LogP contribution is 2.38. The zero-order valence-electron chi connectivity index (χ0n) is 9.95. The van der Waals surface area contributed by atoms with E-state index < -0.39 is 0 Å². The van der Waals surface area contributed by atoms with Gasteiger partial charge in [0.05, 0.1) is 19.3 Å². The minimum Gasteiger partial charge on any atom is -0.371 e. The van der Waals surface area contributed by atoms with E-state index >= 15 is 0 Å². The Morgan fingerprint density at radius 2 is 1.75 bits per heavy atom. The van der Waals surface area contributed by atoms with Gasteiger partial charge in [-0.2, -0.15) is 0 Å². The SMILES string of the molecule is C1CCC(OC2(OCC3CO3)CCCC2)C1. The van der Waals surface area contributed by atoms with Crippen molar-refractivity contribution in [2.45, 2.75) is 69.4 Å². The number of rotatable bonds is 5. The molecule has 3 aliphatic rings. The Balaban J connectivity index is 1.54. The van der Waals surface area contributed by atoms with Crippen LogP contribution in [-0.2, 0) is 14.2 Å². The fourth-order valence-corrected chi connectivity index (χ4v) is 2.93. The minimum atomic E-state index is -0.249. The summed E-state index contributed by atoms with van der Waals surface area (Å²) in [7, 11) is 0. The quantitative estimate of drug-likeness (QED) is 0.533. The molecule has 1 saturated heterocycles. The molecule has 1 aliphatic heterocycles. The molecule has 0 N–H and O–H groups in total. The van der Waals surface area contributed by atoms with E-state index in [2.05, 4.69) is 0 Å². The Bertz CT molecular complexity index is 225. The Hall–Kier alpha value is -0.120. The van der Waals surface area contributed by atoms with Gasteiger partial charge in [0, 0.05) is 12.8 Å². The van der Waals surface area contributed by atoms with Gasteiger partial charge < -0.3 is 14.2 Å². The van der Waals surface area contributed by atoms with Crippen LogP contribution in [-0.4, -0.2) is 31.2 Å². The van der Waals surface area contributed by atoms with Crippen molar-refractivity contribution < 1.29 is 14.2 Å². The number of hydrogen-bond donors (Lipinski definition) is 0. The van der Waals surface area contributed by atoms with Crippen molar-refractivity contribution >= 4 is 0 Å². The molecule has 2 saturated carbocycles. The highest BCUT2D eigenvalue weighted by molar-refractivity contribution is 4.82. The summed E-state index contributed by atoms with van der Waals surface area (Å²) in [6.45, 7) is 1.60. The van der Waals surface area contributed by atoms with Gasteiger partial charge in [0.15, 0.2) is 5.79 Å². The molecule has 1 atom stereocenters. The molecule has 3 nitrogen and oxygen atoms in total. The van der Waals surface area contributed by atoms with Crippen LogP contribution in [0.1, 0.15) is 51.4 Å². The van der Waals surface area contributed by atoms with Crippen LogP contribution in [0, 0.1) is 0 Å². The van der Waals surface area contributed by atoms with Crippen LogP contribution in [0.4, 0.5) is 0 Å². The van der Waals surface area contributed by atoms with Gasteiger partial charge in [-0.05, 0) is 25.7 Å². The Morgan fingerprint density at radius 1 is 1.06 bits per heavy atom. The first kappa shape index (κ1) is 11.0. The van der Waals surface area contributed by atoms with Gasteiger partial charge >= 0.3 is 0 Å². The number of hydrogen-bond acceptors (Lipinski definition) is 3. The summed E-state index contributed by atoms with van der Waals surface area (Å²) in [6, 6.07) is 0.